The van der Waals surface area contributed by atoms with Crippen LogP contribution in [0.1, 0.15) is 42.4 Å². The lowest BCUT2D eigenvalue weighted by atomic mass is 9.83. The van der Waals surface area contributed by atoms with Crippen LogP contribution in [-0.2, 0) is 6.54 Å². The summed E-state index contributed by atoms with van der Waals surface area (Å²) in [6.07, 6.45) is 8.44. The predicted molar refractivity (Wildman–Crippen MR) is 134 cm³/mol. The van der Waals surface area contributed by atoms with Crippen LogP contribution in [0, 0.1) is 0 Å². The number of rotatable bonds is 2. The zero-order valence-electron chi connectivity index (χ0n) is 18.9. The van der Waals surface area contributed by atoms with E-state index in [-0.39, 0.29) is 5.75 Å². The summed E-state index contributed by atoms with van der Waals surface area (Å²) in [5, 5.41) is 13.1. The van der Waals surface area contributed by atoms with Crippen LogP contribution in [0.5, 0.6) is 17.2 Å². The Labute approximate surface area is 199 Å². The highest BCUT2D eigenvalue weighted by atomic mass is 16.5. The number of phenols is 1. The zero-order chi connectivity index (χ0) is 22.6. The number of para-hydroxylation sites is 2. The molecule has 3 aliphatic rings. The van der Waals surface area contributed by atoms with Crippen molar-refractivity contribution in [2.75, 3.05) is 0 Å². The molecule has 0 spiro atoms. The summed E-state index contributed by atoms with van der Waals surface area (Å²) in [6.45, 7) is 0.983. The third-order valence-electron chi connectivity index (χ3n) is 7.84. The van der Waals surface area contributed by atoms with Crippen LogP contribution in [0.4, 0.5) is 0 Å². The van der Waals surface area contributed by atoms with Crippen molar-refractivity contribution in [2.45, 2.75) is 44.3 Å². The Morgan fingerprint density at radius 1 is 0.882 bits per heavy atom. The van der Waals surface area contributed by atoms with Crippen molar-refractivity contribution in [3.63, 3.8) is 0 Å². The minimum Gasteiger partial charge on any atom is -0.504 e. The fourth-order valence-electron chi connectivity index (χ4n) is 6.32. The lowest BCUT2D eigenvalue weighted by Gasteiger charge is -2.38. The third kappa shape index (κ3) is 3.06. The maximum absolute atomic E-state index is 10.5. The number of pyridine rings is 1. The number of aromatic nitrogens is 1. The molecule has 0 aliphatic carbocycles. The van der Waals surface area contributed by atoms with E-state index >= 15 is 0 Å². The second kappa shape index (κ2) is 7.71. The highest BCUT2D eigenvalue weighted by Crippen LogP contribution is 2.51. The first-order valence-corrected chi connectivity index (χ1v) is 12.2. The second-order valence-corrected chi connectivity index (χ2v) is 9.71. The van der Waals surface area contributed by atoms with Crippen LogP contribution >= 0.6 is 0 Å². The lowest BCUT2D eigenvalue weighted by Crippen LogP contribution is -2.40. The molecule has 1 N–H and O–H groups in total. The van der Waals surface area contributed by atoms with Gasteiger partial charge in [0.1, 0.15) is 5.75 Å². The van der Waals surface area contributed by atoms with Crippen LogP contribution in [0.3, 0.4) is 0 Å². The molecule has 2 saturated heterocycles. The summed E-state index contributed by atoms with van der Waals surface area (Å²) in [4.78, 5) is 7.03. The number of hydrogen-bond donors (Lipinski definition) is 1. The first-order chi connectivity index (χ1) is 16.8. The standard InChI is InChI=1S/C30H26N2O2/c33-27-9-4-8-26-29(25-7-1-2-10-28(25)34-30(26)27)21-15-22-11-12-23(16-21)32(22)18-20-6-3-5-19-17-31-14-13-24(19)20/h1-10,13-14,17,22-23,33H,11-12,15-16,18H2. The molecular formula is C30H26N2O2. The Balaban J connectivity index is 1.28. The molecule has 2 unspecified atom stereocenters. The number of hydrogen-bond acceptors (Lipinski definition) is 4. The van der Waals surface area contributed by atoms with E-state index in [1.807, 2.05) is 30.6 Å². The van der Waals surface area contributed by atoms with E-state index in [1.54, 1.807) is 6.07 Å². The molecule has 2 fully saturated rings. The minimum atomic E-state index is 0.205. The summed E-state index contributed by atoms with van der Waals surface area (Å²) < 4.78 is 6.14. The molecule has 4 heterocycles. The summed E-state index contributed by atoms with van der Waals surface area (Å²) in [7, 11) is 0. The normalized spacial score (nSPS) is 21.3. The van der Waals surface area contributed by atoms with E-state index in [0.717, 1.165) is 36.3 Å². The first kappa shape index (κ1) is 19.8. The molecule has 0 radical (unpaired) electrons. The van der Waals surface area contributed by atoms with Gasteiger partial charge in [0.25, 0.3) is 0 Å². The van der Waals surface area contributed by atoms with E-state index in [2.05, 4.69) is 52.3 Å². The van der Waals surface area contributed by atoms with Gasteiger partial charge in [0.05, 0.1) is 0 Å². The molecule has 4 heteroatoms. The largest absolute Gasteiger partial charge is 0.504 e. The van der Waals surface area contributed by atoms with Gasteiger partial charge in [0, 0.05) is 47.5 Å². The van der Waals surface area contributed by atoms with Gasteiger partial charge in [0.15, 0.2) is 11.5 Å². The van der Waals surface area contributed by atoms with E-state index in [1.165, 1.54) is 40.3 Å². The number of fused-ring (bicyclic) bond motifs is 5. The number of aromatic hydroxyl groups is 1. The van der Waals surface area contributed by atoms with Crippen molar-refractivity contribution in [1.29, 1.82) is 0 Å². The van der Waals surface area contributed by atoms with E-state index in [4.69, 9.17) is 4.74 Å². The summed E-state index contributed by atoms with van der Waals surface area (Å²) in [5.41, 5.74) is 6.31. The molecule has 3 aromatic carbocycles. The smallest absolute Gasteiger partial charge is 0.176 e. The van der Waals surface area contributed by atoms with Crippen LogP contribution < -0.4 is 4.74 Å². The maximum Gasteiger partial charge on any atom is 0.176 e. The van der Waals surface area contributed by atoms with Gasteiger partial charge in [0.2, 0.25) is 0 Å². The number of ether oxygens (including phenoxy) is 1. The van der Waals surface area contributed by atoms with Crippen LogP contribution in [-0.4, -0.2) is 27.1 Å². The molecule has 2 atom stereocenters. The van der Waals surface area contributed by atoms with Crippen molar-refractivity contribution in [2.24, 2.45) is 0 Å². The van der Waals surface area contributed by atoms with E-state index < -0.39 is 0 Å². The van der Waals surface area contributed by atoms with Crippen molar-refractivity contribution in [1.82, 2.24) is 9.88 Å². The van der Waals surface area contributed by atoms with Crippen molar-refractivity contribution < 1.29 is 9.84 Å². The Morgan fingerprint density at radius 2 is 1.68 bits per heavy atom. The molecule has 1 aromatic heterocycles. The highest BCUT2D eigenvalue weighted by Gasteiger charge is 2.40. The average molecular weight is 447 g/mol. The quantitative estimate of drug-likeness (QED) is 0.329. The molecule has 7 rings (SSSR count). The van der Waals surface area contributed by atoms with Gasteiger partial charge >= 0.3 is 0 Å². The Hall–Kier alpha value is -3.63. The molecule has 2 bridgehead atoms. The average Bonchev–Trinajstić information content (AvgIpc) is 3.09. The van der Waals surface area contributed by atoms with Gasteiger partial charge in [-0.3, -0.25) is 9.88 Å². The molecule has 0 saturated carbocycles. The van der Waals surface area contributed by atoms with Crippen LogP contribution in [0.15, 0.2) is 84.7 Å². The predicted octanol–water partition coefficient (Wildman–Crippen LogP) is 6.68. The van der Waals surface area contributed by atoms with E-state index in [9.17, 15) is 5.11 Å². The van der Waals surface area contributed by atoms with Crippen LogP contribution in [0.25, 0.3) is 16.3 Å². The summed E-state index contributed by atoms with van der Waals surface area (Å²) >= 11 is 0. The second-order valence-electron chi connectivity index (χ2n) is 9.71. The molecular weight excluding hydrogens is 420 g/mol. The minimum absolute atomic E-state index is 0.205. The summed E-state index contributed by atoms with van der Waals surface area (Å²) in [5.74, 6) is 1.62. The SMILES string of the molecule is Oc1cccc2c1Oc1ccccc1C2=C1CC2CCC(C1)N2Cc1cccc2cnccc12. The molecule has 4 aromatic rings. The molecule has 0 amide bonds. The number of piperidine rings is 1. The molecule has 168 valence electrons. The number of benzene rings is 3. The van der Waals surface area contributed by atoms with Crippen LogP contribution in [0.2, 0.25) is 0 Å². The van der Waals surface area contributed by atoms with Gasteiger partial charge in [-0.25, -0.2) is 0 Å². The van der Waals surface area contributed by atoms with Crippen molar-refractivity contribution >= 4 is 16.3 Å². The van der Waals surface area contributed by atoms with Crippen molar-refractivity contribution in [3.05, 3.63) is 101 Å². The molecule has 4 nitrogen and oxygen atoms in total. The fraction of sp³-hybridized carbons (Fsp3) is 0.233. The Kier molecular flexibility index (Phi) is 4.49. The number of phenolic OH excluding ortho intramolecular Hbond substituents is 1. The molecule has 34 heavy (non-hydrogen) atoms. The van der Waals surface area contributed by atoms with Gasteiger partial charge in [-0.15, -0.1) is 0 Å². The first-order valence-electron chi connectivity index (χ1n) is 12.2. The zero-order valence-corrected chi connectivity index (χ0v) is 18.9. The maximum atomic E-state index is 10.5. The monoisotopic (exact) mass is 446 g/mol. The number of nitrogens with zero attached hydrogens (tertiary/aromatic N) is 2. The van der Waals surface area contributed by atoms with Gasteiger partial charge in [-0.1, -0.05) is 54.1 Å². The van der Waals surface area contributed by atoms with Gasteiger partial charge in [-0.05, 0) is 60.4 Å². The summed E-state index contributed by atoms with van der Waals surface area (Å²) in [6, 6.07) is 23.7. The Morgan fingerprint density at radius 3 is 2.56 bits per heavy atom. The van der Waals surface area contributed by atoms with Gasteiger partial charge < -0.3 is 9.84 Å². The third-order valence-corrected chi connectivity index (χ3v) is 7.84. The van der Waals surface area contributed by atoms with E-state index in [0.29, 0.717) is 17.8 Å². The lowest BCUT2D eigenvalue weighted by molar-refractivity contribution is 0.158. The van der Waals surface area contributed by atoms with Crippen molar-refractivity contribution in [3.8, 4) is 17.2 Å². The fourth-order valence-corrected chi connectivity index (χ4v) is 6.32. The Bertz CT molecular complexity index is 1440. The van der Waals surface area contributed by atoms with Gasteiger partial charge in [-0.2, -0.15) is 0 Å². The topological polar surface area (TPSA) is 45.6 Å². The molecule has 3 aliphatic heterocycles. The highest BCUT2D eigenvalue weighted by molar-refractivity contribution is 5.91.